The molecular weight excluding hydrogens is 681 g/mol. The Bertz CT molecular complexity index is 3040. The Morgan fingerprint density at radius 1 is 0.357 bits per heavy atom. The zero-order valence-electron chi connectivity index (χ0n) is 30.4. The Kier molecular flexibility index (Phi) is 7.39. The van der Waals surface area contributed by atoms with Crippen LogP contribution < -0.4 is 0 Å². The molecule has 2 heterocycles. The van der Waals surface area contributed by atoms with Crippen molar-refractivity contribution >= 4 is 21.9 Å². The number of benzene rings is 8. The van der Waals surface area contributed by atoms with Crippen LogP contribution in [0.3, 0.4) is 0 Å². The summed E-state index contributed by atoms with van der Waals surface area (Å²) in [5.41, 5.74) is 15.6. The van der Waals surface area contributed by atoms with Gasteiger partial charge in [0.25, 0.3) is 0 Å². The molecule has 0 aliphatic heterocycles. The van der Waals surface area contributed by atoms with Crippen molar-refractivity contribution < 1.29 is 4.42 Å². The minimum atomic E-state index is -0.509. The fourth-order valence-electron chi connectivity index (χ4n) is 9.00. The summed E-state index contributed by atoms with van der Waals surface area (Å²) in [5.74, 6) is 0.682. The van der Waals surface area contributed by atoms with E-state index in [1.54, 1.807) is 0 Å². The van der Waals surface area contributed by atoms with Crippen molar-refractivity contribution in [2.45, 2.75) is 5.41 Å². The lowest BCUT2D eigenvalue weighted by Crippen LogP contribution is -2.28. The Balaban J connectivity index is 1.16. The number of fused-ring (bicyclic) bond motifs is 6. The van der Waals surface area contributed by atoms with E-state index in [2.05, 4.69) is 176 Å². The van der Waals surface area contributed by atoms with Crippen LogP contribution in [0.1, 0.15) is 22.3 Å². The summed E-state index contributed by atoms with van der Waals surface area (Å²) in [5, 5.41) is 2.23. The maximum atomic E-state index is 6.34. The molecule has 0 radical (unpaired) electrons. The number of furan rings is 1. The van der Waals surface area contributed by atoms with E-state index in [1.165, 1.54) is 33.4 Å². The van der Waals surface area contributed by atoms with Gasteiger partial charge in [-0.05, 0) is 68.8 Å². The van der Waals surface area contributed by atoms with Crippen molar-refractivity contribution in [3.8, 4) is 56.2 Å². The summed E-state index contributed by atoms with van der Waals surface area (Å²) in [7, 11) is 0. The number of para-hydroxylation sites is 1. The number of nitrogens with zero attached hydrogens (tertiary/aromatic N) is 2. The van der Waals surface area contributed by atoms with Gasteiger partial charge in [-0.25, -0.2) is 9.97 Å². The van der Waals surface area contributed by atoms with Crippen LogP contribution in [-0.4, -0.2) is 9.97 Å². The van der Waals surface area contributed by atoms with Gasteiger partial charge in [0.1, 0.15) is 11.2 Å². The maximum Gasteiger partial charge on any atom is 0.160 e. The number of aromatic nitrogens is 2. The minimum absolute atomic E-state index is 0.509. The largest absolute Gasteiger partial charge is 0.456 e. The minimum Gasteiger partial charge on any atom is -0.456 e. The lowest BCUT2D eigenvalue weighted by molar-refractivity contribution is 0.669. The van der Waals surface area contributed by atoms with Crippen molar-refractivity contribution in [2.24, 2.45) is 0 Å². The summed E-state index contributed by atoms with van der Waals surface area (Å²) in [6, 6.07) is 73.2. The van der Waals surface area contributed by atoms with Gasteiger partial charge in [-0.15, -0.1) is 0 Å². The van der Waals surface area contributed by atoms with Crippen LogP contribution in [0, 0.1) is 0 Å². The monoisotopic (exact) mass is 714 g/mol. The average Bonchev–Trinajstić information content (AvgIpc) is 3.81. The van der Waals surface area contributed by atoms with E-state index in [9.17, 15) is 0 Å². The molecule has 10 aromatic rings. The molecule has 0 amide bonds. The lowest BCUT2D eigenvalue weighted by atomic mass is 9.67. The first kappa shape index (κ1) is 32.1. The van der Waals surface area contributed by atoms with Crippen molar-refractivity contribution in [1.82, 2.24) is 9.97 Å². The molecule has 0 saturated carbocycles. The molecule has 8 aromatic carbocycles. The smallest absolute Gasteiger partial charge is 0.160 e. The van der Waals surface area contributed by atoms with Crippen LogP contribution in [0.15, 0.2) is 211 Å². The van der Waals surface area contributed by atoms with Gasteiger partial charge in [-0.2, -0.15) is 0 Å². The van der Waals surface area contributed by atoms with E-state index in [1.807, 2.05) is 30.3 Å². The topological polar surface area (TPSA) is 38.9 Å². The van der Waals surface area contributed by atoms with Crippen LogP contribution in [-0.2, 0) is 5.41 Å². The maximum absolute atomic E-state index is 6.34. The second kappa shape index (κ2) is 12.9. The predicted octanol–water partition coefficient (Wildman–Crippen LogP) is 13.4. The first-order valence-corrected chi connectivity index (χ1v) is 19.1. The highest BCUT2D eigenvalue weighted by molar-refractivity contribution is 6.06. The SMILES string of the molecule is c1ccc(-c2nc(-c3ccccc3-c3ccc4c(c3)oc3ccccc34)cc(-c3cccc4c3-c3ccccc3C4(c3ccccc3)c3ccccc3)n2)cc1. The Morgan fingerprint density at radius 3 is 1.66 bits per heavy atom. The molecule has 1 aliphatic rings. The quantitative estimate of drug-likeness (QED) is 0.172. The molecule has 56 heavy (non-hydrogen) atoms. The highest BCUT2D eigenvalue weighted by Crippen LogP contribution is 2.58. The zero-order valence-corrected chi connectivity index (χ0v) is 30.4. The van der Waals surface area contributed by atoms with Crippen molar-refractivity contribution in [3.05, 3.63) is 229 Å². The Morgan fingerprint density at radius 2 is 0.911 bits per heavy atom. The molecule has 262 valence electrons. The van der Waals surface area contributed by atoms with Crippen molar-refractivity contribution in [2.75, 3.05) is 0 Å². The van der Waals surface area contributed by atoms with E-state index >= 15 is 0 Å². The lowest BCUT2D eigenvalue weighted by Gasteiger charge is -2.33. The summed E-state index contributed by atoms with van der Waals surface area (Å²) in [6.07, 6.45) is 0. The van der Waals surface area contributed by atoms with E-state index in [0.29, 0.717) is 5.82 Å². The van der Waals surface area contributed by atoms with Crippen molar-refractivity contribution in [1.29, 1.82) is 0 Å². The van der Waals surface area contributed by atoms with Gasteiger partial charge >= 0.3 is 0 Å². The number of hydrogen-bond acceptors (Lipinski definition) is 3. The third-order valence-corrected chi connectivity index (χ3v) is 11.4. The van der Waals surface area contributed by atoms with Crippen LogP contribution in [0.4, 0.5) is 0 Å². The fourth-order valence-corrected chi connectivity index (χ4v) is 9.00. The summed E-state index contributed by atoms with van der Waals surface area (Å²) >= 11 is 0. The summed E-state index contributed by atoms with van der Waals surface area (Å²) < 4.78 is 6.34. The number of rotatable bonds is 6. The van der Waals surface area contributed by atoms with Gasteiger partial charge in [0.05, 0.1) is 16.8 Å². The molecule has 0 unspecified atom stereocenters. The highest BCUT2D eigenvalue weighted by Gasteiger charge is 2.46. The van der Waals surface area contributed by atoms with Gasteiger partial charge in [0.2, 0.25) is 0 Å². The molecule has 0 saturated heterocycles. The molecule has 1 aliphatic carbocycles. The molecule has 0 bridgehead atoms. The van der Waals surface area contributed by atoms with E-state index < -0.39 is 5.41 Å². The second-order valence-electron chi connectivity index (χ2n) is 14.4. The molecule has 11 rings (SSSR count). The van der Waals surface area contributed by atoms with Gasteiger partial charge in [0.15, 0.2) is 5.82 Å². The average molecular weight is 715 g/mol. The first-order chi connectivity index (χ1) is 27.8. The third-order valence-electron chi connectivity index (χ3n) is 11.4. The molecule has 0 atom stereocenters. The first-order valence-electron chi connectivity index (χ1n) is 19.1. The van der Waals surface area contributed by atoms with Crippen molar-refractivity contribution in [3.63, 3.8) is 0 Å². The normalized spacial score (nSPS) is 12.8. The molecule has 3 heteroatoms. The Labute approximate surface area is 325 Å². The number of hydrogen-bond donors (Lipinski definition) is 0. The van der Waals surface area contributed by atoms with Crippen LogP contribution in [0.25, 0.3) is 78.1 Å². The molecule has 3 nitrogen and oxygen atoms in total. The highest BCUT2D eigenvalue weighted by atomic mass is 16.3. The van der Waals surface area contributed by atoms with Crippen LogP contribution in [0.5, 0.6) is 0 Å². The van der Waals surface area contributed by atoms with Crippen LogP contribution >= 0.6 is 0 Å². The van der Waals surface area contributed by atoms with Gasteiger partial charge in [0, 0.05) is 27.5 Å². The summed E-state index contributed by atoms with van der Waals surface area (Å²) in [6.45, 7) is 0. The van der Waals surface area contributed by atoms with Crippen LogP contribution in [0.2, 0.25) is 0 Å². The van der Waals surface area contributed by atoms with Gasteiger partial charge in [-0.1, -0.05) is 182 Å². The zero-order chi connectivity index (χ0) is 37.1. The van der Waals surface area contributed by atoms with Gasteiger partial charge in [-0.3, -0.25) is 0 Å². The predicted molar refractivity (Wildman–Crippen MR) is 228 cm³/mol. The van der Waals surface area contributed by atoms with E-state index in [0.717, 1.165) is 61.1 Å². The fraction of sp³-hybridized carbons (Fsp3) is 0.0189. The molecule has 0 spiro atoms. The standard InChI is InChI=1S/C53H34N2O/c1-4-17-35(18-5-1)52-54-47(40-24-11-10-23-39(40)36-31-32-42-41-25-13-15-30-49(41)56-50(42)33-36)34-48(55-52)44-27-16-29-46-51(44)43-26-12-14-28-45(43)53(46,37-19-6-2-7-20-37)38-21-8-3-9-22-38/h1-34H. The van der Waals surface area contributed by atoms with Gasteiger partial charge < -0.3 is 4.42 Å². The molecular formula is C53H34N2O. The van der Waals surface area contributed by atoms with E-state index in [4.69, 9.17) is 14.4 Å². The van der Waals surface area contributed by atoms with E-state index in [-0.39, 0.29) is 0 Å². The third kappa shape index (κ3) is 4.91. The molecule has 2 aromatic heterocycles. The Hall–Kier alpha value is -7.36. The second-order valence-corrected chi connectivity index (χ2v) is 14.4. The summed E-state index contributed by atoms with van der Waals surface area (Å²) in [4.78, 5) is 10.7. The molecule has 0 N–H and O–H groups in total. The molecule has 0 fully saturated rings.